The van der Waals surface area contributed by atoms with Gasteiger partial charge in [-0.2, -0.15) is 13.2 Å². The summed E-state index contributed by atoms with van der Waals surface area (Å²) >= 11 is 0. The molecule has 2 saturated heterocycles. The van der Waals surface area contributed by atoms with Gasteiger partial charge in [-0.3, -0.25) is 9.59 Å². The van der Waals surface area contributed by atoms with Gasteiger partial charge in [0.25, 0.3) is 5.91 Å². The van der Waals surface area contributed by atoms with Gasteiger partial charge in [0, 0.05) is 74.7 Å². The SMILES string of the molecule is CC1CN(c2cc(F)c(-c3ccc(OC4CCOCC4)nc3)c(F)c2NC(=O)c2c[nH]c(=O)cc2C(F)(F)F)CCN1C. The van der Waals surface area contributed by atoms with Gasteiger partial charge < -0.3 is 29.6 Å². The Morgan fingerprint density at radius 3 is 2.56 bits per heavy atom. The number of aromatic nitrogens is 2. The number of alkyl halides is 3. The normalized spacial score (nSPS) is 18.5. The molecule has 43 heavy (non-hydrogen) atoms. The highest BCUT2D eigenvalue weighted by molar-refractivity contribution is 6.07. The lowest BCUT2D eigenvalue weighted by Crippen LogP contribution is -2.50. The number of ether oxygens (including phenoxy) is 2. The molecule has 2 aliphatic heterocycles. The van der Waals surface area contributed by atoms with Crippen LogP contribution < -0.4 is 20.5 Å². The van der Waals surface area contributed by atoms with Gasteiger partial charge in [0.2, 0.25) is 11.4 Å². The first kappa shape index (κ1) is 30.4. The highest BCUT2D eigenvalue weighted by Crippen LogP contribution is 2.40. The molecule has 230 valence electrons. The standard InChI is InChI=1S/C29H30F5N5O4/c1-16-15-39(8-7-38(16)2)22-12-21(30)25(17-3-4-24(36-13-17)43-18-5-9-42-10-6-18)26(31)27(22)37-28(41)19-14-35-23(40)11-20(19)29(32,33)34/h3-4,11-14,16,18H,5-10,15H2,1-2H3,(H,35,40)(H,37,41). The first-order valence-corrected chi connectivity index (χ1v) is 13.7. The number of likely N-dealkylation sites (N-methyl/N-ethyl adjacent to an activating group) is 1. The van der Waals surface area contributed by atoms with Crippen LogP contribution in [0, 0.1) is 11.6 Å². The van der Waals surface area contributed by atoms with E-state index in [1.165, 1.54) is 18.3 Å². The Bertz CT molecular complexity index is 1540. The molecule has 2 N–H and O–H groups in total. The number of amides is 1. The van der Waals surface area contributed by atoms with Crippen molar-refractivity contribution in [3.8, 4) is 17.0 Å². The molecule has 0 aliphatic carbocycles. The molecule has 0 saturated carbocycles. The van der Waals surface area contributed by atoms with Crippen molar-refractivity contribution in [1.82, 2.24) is 14.9 Å². The van der Waals surface area contributed by atoms with E-state index in [2.05, 4.69) is 10.3 Å². The van der Waals surface area contributed by atoms with E-state index >= 15 is 8.78 Å². The van der Waals surface area contributed by atoms with Crippen LogP contribution in [0.15, 0.2) is 41.5 Å². The number of halogens is 5. The topological polar surface area (TPSA) is 99.8 Å². The number of hydrogen-bond donors (Lipinski definition) is 2. The van der Waals surface area contributed by atoms with E-state index in [4.69, 9.17) is 9.47 Å². The summed E-state index contributed by atoms with van der Waals surface area (Å²) in [6, 6.07) is 4.16. The van der Waals surface area contributed by atoms with Crippen molar-refractivity contribution in [3.63, 3.8) is 0 Å². The van der Waals surface area contributed by atoms with Gasteiger partial charge in [-0.1, -0.05) is 0 Å². The number of anilines is 2. The second kappa shape index (κ2) is 12.3. The minimum Gasteiger partial charge on any atom is -0.474 e. The largest absolute Gasteiger partial charge is 0.474 e. The number of piperazine rings is 1. The minimum absolute atomic E-state index is 0.0217. The quantitative estimate of drug-likeness (QED) is 0.393. The highest BCUT2D eigenvalue weighted by atomic mass is 19.4. The van der Waals surface area contributed by atoms with E-state index in [0.29, 0.717) is 51.9 Å². The van der Waals surface area contributed by atoms with E-state index in [1.54, 1.807) is 4.90 Å². The zero-order valence-electron chi connectivity index (χ0n) is 23.4. The van der Waals surface area contributed by atoms with E-state index in [0.717, 1.165) is 6.07 Å². The summed E-state index contributed by atoms with van der Waals surface area (Å²) in [5.74, 6) is -3.21. The molecule has 0 bridgehead atoms. The number of nitrogens with zero attached hydrogens (tertiary/aromatic N) is 3. The molecular formula is C29H30F5N5O4. The van der Waals surface area contributed by atoms with Crippen molar-refractivity contribution >= 4 is 17.3 Å². The number of H-pyrrole nitrogens is 1. The van der Waals surface area contributed by atoms with Crippen LogP contribution in [0.5, 0.6) is 5.88 Å². The maximum Gasteiger partial charge on any atom is 0.417 e. The van der Waals surface area contributed by atoms with E-state index < -0.39 is 51.7 Å². The summed E-state index contributed by atoms with van der Waals surface area (Å²) in [5, 5.41) is 2.24. The van der Waals surface area contributed by atoms with E-state index in [9.17, 15) is 22.8 Å². The molecule has 1 aromatic carbocycles. The molecule has 2 aliphatic rings. The second-order valence-electron chi connectivity index (χ2n) is 10.6. The van der Waals surface area contributed by atoms with Crippen molar-refractivity contribution in [2.24, 2.45) is 0 Å². The van der Waals surface area contributed by atoms with Crippen LogP contribution in [-0.2, 0) is 10.9 Å². The maximum atomic E-state index is 16.3. The van der Waals surface area contributed by atoms with Gasteiger partial charge >= 0.3 is 6.18 Å². The zero-order chi connectivity index (χ0) is 30.9. The molecule has 1 amide bonds. The third-order valence-corrected chi connectivity index (χ3v) is 7.69. The number of pyridine rings is 2. The number of hydrogen-bond acceptors (Lipinski definition) is 7. The average Bonchev–Trinajstić information content (AvgIpc) is 2.97. The van der Waals surface area contributed by atoms with Crippen LogP contribution in [0.1, 0.15) is 35.7 Å². The third kappa shape index (κ3) is 6.64. The van der Waals surface area contributed by atoms with Crippen LogP contribution in [0.4, 0.5) is 33.3 Å². The average molecular weight is 608 g/mol. The lowest BCUT2D eigenvalue weighted by Gasteiger charge is -2.39. The summed E-state index contributed by atoms with van der Waals surface area (Å²) in [5.41, 5.74) is -4.51. The van der Waals surface area contributed by atoms with Crippen molar-refractivity contribution in [2.45, 2.75) is 38.1 Å². The molecule has 0 radical (unpaired) electrons. The van der Waals surface area contributed by atoms with Gasteiger partial charge in [-0.15, -0.1) is 0 Å². The molecule has 2 fully saturated rings. The predicted molar refractivity (Wildman–Crippen MR) is 148 cm³/mol. The molecule has 14 heteroatoms. The fourth-order valence-corrected chi connectivity index (χ4v) is 5.14. The van der Waals surface area contributed by atoms with Gasteiger partial charge in [-0.05, 0) is 20.0 Å². The van der Waals surface area contributed by atoms with Crippen molar-refractivity contribution in [2.75, 3.05) is 50.1 Å². The number of rotatable bonds is 6. The smallest absolute Gasteiger partial charge is 0.417 e. The summed E-state index contributed by atoms with van der Waals surface area (Å²) in [7, 11) is 1.90. The Balaban J connectivity index is 1.54. The van der Waals surface area contributed by atoms with Crippen molar-refractivity contribution < 1.29 is 36.2 Å². The lowest BCUT2D eigenvalue weighted by atomic mass is 10.0. The Kier molecular flexibility index (Phi) is 8.69. The van der Waals surface area contributed by atoms with Crippen LogP contribution in [0.25, 0.3) is 11.1 Å². The Morgan fingerprint density at radius 2 is 1.91 bits per heavy atom. The molecule has 3 aromatic rings. The number of aromatic amines is 1. The minimum atomic E-state index is -5.04. The van der Waals surface area contributed by atoms with Gasteiger partial charge in [0.05, 0.1) is 35.6 Å². The number of carbonyl (C=O) groups excluding carboxylic acids is 1. The van der Waals surface area contributed by atoms with Crippen LogP contribution in [0.3, 0.4) is 0 Å². The Hall–Kier alpha value is -4.04. The number of benzene rings is 1. The van der Waals surface area contributed by atoms with Crippen molar-refractivity contribution in [3.05, 3.63) is 69.8 Å². The third-order valence-electron chi connectivity index (χ3n) is 7.69. The van der Waals surface area contributed by atoms with E-state index in [-0.39, 0.29) is 35.3 Å². The first-order valence-electron chi connectivity index (χ1n) is 13.7. The summed E-state index contributed by atoms with van der Waals surface area (Å²) in [6.45, 7) is 4.23. The molecule has 1 unspecified atom stereocenters. The first-order chi connectivity index (χ1) is 20.4. The molecule has 9 nitrogen and oxygen atoms in total. The maximum absolute atomic E-state index is 16.3. The lowest BCUT2D eigenvalue weighted by molar-refractivity contribution is -0.138. The summed E-state index contributed by atoms with van der Waals surface area (Å²) in [4.78, 5) is 34.7. The second-order valence-corrected chi connectivity index (χ2v) is 10.6. The van der Waals surface area contributed by atoms with Crippen molar-refractivity contribution in [1.29, 1.82) is 0 Å². The molecule has 2 aromatic heterocycles. The number of carbonyl (C=O) groups is 1. The van der Waals surface area contributed by atoms with Gasteiger partial charge in [0.15, 0.2) is 5.82 Å². The molecule has 0 spiro atoms. The van der Waals surface area contributed by atoms with E-state index in [1.807, 2.05) is 23.9 Å². The molecule has 5 rings (SSSR count). The fourth-order valence-electron chi connectivity index (χ4n) is 5.14. The molecule has 1 atom stereocenters. The predicted octanol–water partition coefficient (Wildman–Crippen LogP) is 4.68. The fraction of sp³-hybridized carbons (Fsp3) is 0.414. The summed E-state index contributed by atoms with van der Waals surface area (Å²) < 4.78 is 84.2. The monoisotopic (exact) mass is 607 g/mol. The van der Waals surface area contributed by atoms with Crippen LogP contribution >= 0.6 is 0 Å². The molecule has 4 heterocycles. The Morgan fingerprint density at radius 1 is 1.16 bits per heavy atom. The zero-order valence-corrected chi connectivity index (χ0v) is 23.4. The van der Waals surface area contributed by atoms with Gasteiger partial charge in [-0.25, -0.2) is 13.8 Å². The van der Waals surface area contributed by atoms with Crippen LogP contribution in [0.2, 0.25) is 0 Å². The van der Waals surface area contributed by atoms with Crippen LogP contribution in [-0.4, -0.2) is 72.8 Å². The Labute approximate surface area is 243 Å². The molecular weight excluding hydrogens is 577 g/mol. The number of nitrogens with one attached hydrogen (secondary N) is 2. The highest BCUT2D eigenvalue weighted by Gasteiger charge is 2.37. The van der Waals surface area contributed by atoms with Gasteiger partial charge in [0.1, 0.15) is 17.6 Å². The summed E-state index contributed by atoms with van der Waals surface area (Å²) in [6.07, 6.45) is -1.96.